The van der Waals surface area contributed by atoms with Gasteiger partial charge in [0, 0.05) is 0 Å². The van der Waals surface area contributed by atoms with Gasteiger partial charge in [-0.1, -0.05) is 66.7 Å². The molecule has 0 saturated heterocycles. The lowest BCUT2D eigenvalue weighted by Crippen LogP contribution is -2.32. The average Bonchev–Trinajstić information content (AvgIpc) is 3.23. The number of fused-ring (bicyclic) bond motifs is 1. The third-order valence-electron chi connectivity index (χ3n) is 5.62. The van der Waals surface area contributed by atoms with Crippen LogP contribution in [0, 0.1) is 6.92 Å². The van der Waals surface area contributed by atoms with Crippen LogP contribution in [0.4, 0.5) is 0 Å². The van der Waals surface area contributed by atoms with Crippen molar-refractivity contribution in [2.45, 2.75) is 13.1 Å². The molecule has 0 aliphatic carbocycles. The van der Waals surface area contributed by atoms with E-state index >= 15 is 0 Å². The molecule has 0 N–H and O–H groups in total. The summed E-state index contributed by atoms with van der Waals surface area (Å²) in [5, 5.41) is 4.00. The van der Waals surface area contributed by atoms with Gasteiger partial charge in [0.1, 0.15) is 34.9 Å². The minimum Gasteiger partial charge on any atom is -0.436 e. The van der Waals surface area contributed by atoms with E-state index in [0.29, 0.717) is 0 Å². The zero-order chi connectivity index (χ0) is 20.4. The van der Waals surface area contributed by atoms with Crippen LogP contribution in [-0.4, -0.2) is 4.98 Å². The molecule has 5 aromatic rings. The average molecular weight is 408 g/mol. The molecule has 0 atom stereocenters. The number of hydrogen-bond donors (Lipinski definition) is 0. The Morgan fingerprint density at radius 2 is 1.13 bits per heavy atom. The van der Waals surface area contributed by atoms with E-state index in [4.69, 9.17) is 9.40 Å². The first-order valence-corrected chi connectivity index (χ1v) is 12.1. The van der Waals surface area contributed by atoms with Crippen molar-refractivity contribution in [3.8, 4) is 0 Å². The predicted octanol–water partition coefficient (Wildman–Crippen LogP) is 5.63. The topological polar surface area (TPSA) is 26.0 Å². The quantitative estimate of drug-likeness (QED) is 0.352. The van der Waals surface area contributed by atoms with Crippen molar-refractivity contribution in [3.63, 3.8) is 0 Å². The number of oxazole rings is 1. The summed E-state index contributed by atoms with van der Waals surface area (Å²) < 4.78 is 6.34. The van der Waals surface area contributed by atoms with Crippen LogP contribution in [0.1, 0.15) is 11.5 Å². The van der Waals surface area contributed by atoms with E-state index in [1.54, 1.807) is 0 Å². The van der Waals surface area contributed by atoms with Gasteiger partial charge in [-0.15, -0.1) is 0 Å². The maximum Gasteiger partial charge on any atom is 0.234 e. The van der Waals surface area contributed by atoms with Crippen LogP contribution < -0.4 is 15.9 Å². The van der Waals surface area contributed by atoms with Crippen molar-refractivity contribution in [2.75, 3.05) is 0 Å². The smallest absolute Gasteiger partial charge is 0.234 e. The highest BCUT2D eigenvalue weighted by Gasteiger charge is 2.46. The molecular formula is C27H23NOP+. The molecule has 146 valence electrons. The van der Waals surface area contributed by atoms with Crippen molar-refractivity contribution in [3.05, 3.63) is 121 Å². The second kappa shape index (κ2) is 7.89. The lowest BCUT2D eigenvalue weighted by molar-refractivity contribution is 0.553. The molecule has 0 aliphatic heterocycles. The van der Waals surface area contributed by atoms with Crippen LogP contribution in [-0.2, 0) is 6.16 Å². The van der Waals surface area contributed by atoms with Gasteiger partial charge < -0.3 is 4.42 Å². The van der Waals surface area contributed by atoms with E-state index in [1.165, 1.54) is 15.9 Å². The standard InChI is InChI=1S/C27H23NOP/c1-21-12-11-19-25-27(21)29-26(28-25)20-30(22-13-5-2-6-14-22,23-15-7-3-8-16-23)24-17-9-4-10-18-24/h2-19H,20H2,1H3/q+1. The van der Waals surface area contributed by atoms with Crippen molar-refractivity contribution in [1.29, 1.82) is 0 Å². The van der Waals surface area contributed by atoms with Crippen LogP contribution in [0.25, 0.3) is 11.1 Å². The molecule has 0 spiro atoms. The fourth-order valence-corrected chi connectivity index (χ4v) is 8.20. The number of aromatic nitrogens is 1. The van der Waals surface area contributed by atoms with Gasteiger partial charge in [0.25, 0.3) is 0 Å². The minimum atomic E-state index is -2.00. The summed E-state index contributed by atoms with van der Waals surface area (Å²) in [4.78, 5) is 4.90. The van der Waals surface area contributed by atoms with Gasteiger partial charge in [-0.05, 0) is 55.0 Å². The molecule has 0 radical (unpaired) electrons. The molecule has 1 heterocycles. The molecule has 0 saturated carbocycles. The van der Waals surface area contributed by atoms with E-state index < -0.39 is 7.26 Å². The molecule has 0 aliphatic rings. The fraction of sp³-hybridized carbons (Fsp3) is 0.0741. The van der Waals surface area contributed by atoms with Crippen molar-refractivity contribution in [2.24, 2.45) is 0 Å². The summed E-state index contributed by atoms with van der Waals surface area (Å²) in [6, 6.07) is 38.7. The Balaban J connectivity index is 1.77. The zero-order valence-corrected chi connectivity index (χ0v) is 17.8. The SMILES string of the molecule is Cc1cccc2nc(C[P+](c3ccccc3)(c3ccccc3)c3ccccc3)oc12. The van der Waals surface area contributed by atoms with Crippen LogP contribution in [0.15, 0.2) is 114 Å². The Morgan fingerprint density at radius 3 is 1.60 bits per heavy atom. The molecular weight excluding hydrogens is 385 g/mol. The minimum absolute atomic E-state index is 0.749. The molecule has 0 fully saturated rings. The van der Waals surface area contributed by atoms with Crippen molar-refractivity contribution in [1.82, 2.24) is 4.98 Å². The molecule has 1 aromatic heterocycles. The summed E-state index contributed by atoms with van der Waals surface area (Å²) in [6.07, 6.45) is 0.749. The van der Waals surface area contributed by atoms with Crippen molar-refractivity contribution >= 4 is 34.3 Å². The third kappa shape index (κ3) is 3.24. The fourth-order valence-electron chi connectivity index (χ4n) is 4.17. The molecule has 2 nitrogen and oxygen atoms in total. The first-order chi connectivity index (χ1) is 14.8. The molecule has 0 bridgehead atoms. The van der Waals surface area contributed by atoms with Crippen LogP contribution in [0.2, 0.25) is 0 Å². The van der Waals surface area contributed by atoms with Crippen molar-refractivity contribution < 1.29 is 4.42 Å². The Hall–Kier alpha value is -3.22. The summed E-state index contributed by atoms with van der Waals surface area (Å²) in [6.45, 7) is 2.07. The largest absolute Gasteiger partial charge is 0.436 e. The van der Waals surface area contributed by atoms with Crippen LogP contribution >= 0.6 is 7.26 Å². The van der Waals surface area contributed by atoms with Gasteiger partial charge in [0.2, 0.25) is 5.89 Å². The lowest BCUT2D eigenvalue weighted by Gasteiger charge is -2.26. The van der Waals surface area contributed by atoms with Gasteiger partial charge in [0.05, 0.1) is 0 Å². The molecule has 30 heavy (non-hydrogen) atoms. The van der Waals surface area contributed by atoms with Gasteiger partial charge in [0.15, 0.2) is 5.58 Å². The molecule has 4 aromatic carbocycles. The summed E-state index contributed by atoms with van der Waals surface area (Å²) in [7, 11) is -2.00. The molecule has 5 rings (SSSR count). The van der Waals surface area contributed by atoms with Gasteiger partial charge in [-0.3, -0.25) is 0 Å². The highest BCUT2D eigenvalue weighted by Crippen LogP contribution is 2.58. The van der Waals surface area contributed by atoms with Gasteiger partial charge in [-0.2, -0.15) is 0 Å². The maximum absolute atomic E-state index is 6.34. The normalized spacial score (nSPS) is 11.6. The van der Waals surface area contributed by atoms with E-state index in [2.05, 4.69) is 104 Å². The number of aryl methyl sites for hydroxylation is 1. The number of para-hydroxylation sites is 1. The van der Waals surface area contributed by atoms with Crippen LogP contribution in [0.5, 0.6) is 0 Å². The predicted molar refractivity (Wildman–Crippen MR) is 128 cm³/mol. The monoisotopic (exact) mass is 408 g/mol. The zero-order valence-electron chi connectivity index (χ0n) is 16.9. The second-order valence-electron chi connectivity index (χ2n) is 7.51. The summed E-state index contributed by atoms with van der Waals surface area (Å²) >= 11 is 0. The number of hydrogen-bond acceptors (Lipinski definition) is 2. The first kappa shape index (κ1) is 18.8. The van der Waals surface area contributed by atoms with E-state index in [9.17, 15) is 0 Å². The second-order valence-corrected chi connectivity index (χ2v) is 11.0. The highest BCUT2D eigenvalue weighted by molar-refractivity contribution is 7.95. The number of rotatable bonds is 5. The van der Waals surface area contributed by atoms with Gasteiger partial charge >= 0.3 is 0 Å². The number of nitrogens with zero attached hydrogens (tertiary/aromatic N) is 1. The Morgan fingerprint density at radius 1 is 0.633 bits per heavy atom. The lowest BCUT2D eigenvalue weighted by atomic mass is 10.2. The number of benzene rings is 4. The maximum atomic E-state index is 6.34. The third-order valence-corrected chi connectivity index (χ3v) is 9.90. The highest BCUT2D eigenvalue weighted by atomic mass is 31.2. The molecule has 0 amide bonds. The Kier molecular flexibility index (Phi) is 4.94. The van der Waals surface area contributed by atoms with Gasteiger partial charge in [-0.25, -0.2) is 4.98 Å². The molecule has 3 heteroatoms. The molecule has 0 unspecified atom stereocenters. The summed E-state index contributed by atoms with van der Waals surface area (Å²) in [5.74, 6) is 0.796. The van der Waals surface area contributed by atoms with E-state index in [-0.39, 0.29) is 0 Å². The van der Waals surface area contributed by atoms with Crippen LogP contribution in [0.3, 0.4) is 0 Å². The Bertz CT molecular complexity index is 1170. The first-order valence-electron chi connectivity index (χ1n) is 10.2. The Labute approximate surface area is 177 Å². The van der Waals surface area contributed by atoms with E-state index in [0.717, 1.165) is 28.7 Å². The van der Waals surface area contributed by atoms with E-state index in [1.807, 2.05) is 12.1 Å². The summed E-state index contributed by atoms with van der Waals surface area (Å²) in [5.41, 5.74) is 2.94.